The summed E-state index contributed by atoms with van der Waals surface area (Å²) in [5, 5.41) is 4.52. The van der Waals surface area contributed by atoms with E-state index in [4.69, 9.17) is 0 Å². The first-order valence-corrected chi connectivity index (χ1v) is 9.25. The van der Waals surface area contributed by atoms with Crippen LogP contribution in [0.2, 0.25) is 0 Å². The third-order valence-corrected chi connectivity index (χ3v) is 4.27. The summed E-state index contributed by atoms with van der Waals surface area (Å²) in [6.45, 7) is 3.93. The van der Waals surface area contributed by atoms with Gasteiger partial charge in [-0.15, -0.1) is 0 Å². The monoisotopic (exact) mass is 341 g/mol. The molecule has 0 aliphatic carbocycles. The predicted molar refractivity (Wildman–Crippen MR) is 89.8 cm³/mol. The second kappa shape index (κ2) is 8.52. The highest BCUT2D eigenvalue weighted by atomic mass is 32.2. The van der Waals surface area contributed by atoms with Crippen molar-refractivity contribution < 1.29 is 18.0 Å². The summed E-state index contributed by atoms with van der Waals surface area (Å²) < 4.78 is 24.0. The number of amides is 4. The number of benzene rings is 1. The Morgan fingerprint density at radius 3 is 2.26 bits per heavy atom. The van der Waals surface area contributed by atoms with Gasteiger partial charge >= 0.3 is 12.1 Å². The van der Waals surface area contributed by atoms with Crippen molar-refractivity contribution in [2.75, 3.05) is 18.1 Å². The van der Waals surface area contributed by atoms with Crippen LogP contribution < -0.4 is 10.6 Å². The summed E-state index contributed by atoms with van der Waals surface area (Å²) >= 11 is 0. The topological polar surface area (TPSA) is 95.6 Å². The summed E-state index contributed by atoms with van der Waals surface area (Å²) in [5.74, 6) is 0. The Balaban J connectivity index is 2.66. The van der Waals surface area contributed by atoms with Crippen molar-refractivity contribution in [3.63, 3.8) is 0 Å². The number of carbonyl (C=O) groups excluding carboxylic acids is 2. The van der Waals surface area contributed by atoms with Gasteiger partial charge < -0.3 is 5.32 Å². The van der Waals surface area contributed by atoms with Crippen LogP contribution in [-0.2, 0) is 10.0 Å². The third kappa shape index (κ3) is 6.68. The van der Waals surface area contributed by atoms with Gasteiger partial charge in [0.1, 0.15) is 0 Å². The van der Waals surface area contributed by atoms with E-state index in [0.717, 1.165) is 24.7 Å². The van der Waals surface area contributed by atoms with Gasteiger partial charge in [0, 0.05) is 12.2 Å². The van der Waals surface area contributed by atoms with Gasteiger partial charge in [0.2, 0.25) is 10.0 Å². The number of rotatable bonds is 6. The van der Waals surface area contributed by atoms with E-state index in [9.17, 15) is 18.0 Å². The lowest BCUT2D eigenvalue weighted by Gasteiger charge is -2.20. The molecule has 8 heteroatoms. The van der Waals surface area contributed by atoms with Crippen molar-refractivity contribution in [2.45, 2.75) is 33.1 Å². The van der Waals surface area contributed by atoms with E-state index >= 15 is 0 Å². The highest BCUT2D eigenvalue weighted by Gasteiger charge is 2.24. The third-order valence-electron chi connectivity index (χ3n) is 3.12. The Labute approximate surface area is 137 Å². The van der Waals surface area contributed by atoms with E-state index in [1.54, 1.807) is 12.1 Å². The number of carbonyl (C=O) groups is 2. The van der Waals surface area contributed by atoms with Crippen LogP contribution in [0.15, 0.2) is 24.3 Å². The minimum absolute atomic E-state index is 0.0519. The fraction of sp³-hybridized carbons (Fsp3) is 0.467. The lowest BCUT2D eigenvalue weighted by Crippen LogP contribution is -2.47. The van der Waals surface area contributed by atoms with E-state index in [-0.39, 0.29) is 6.54 Å². The molecule has 0 aliphatic rings. The zero-order chi connectivity index (χ0) is 17.5. The van der Waals surface area contributed by atoms with E-state index in [2.05, 4.69) is 5.32 Å². The second-order valence-electron chi connectivity index (χ2n) is 5.29. The van der Waals surface area contributed by atoms with Gasteiger partial charge in [-0.2, -0.15) is 0 Å². The molecule has 1 aromatic carbocycles. The average molecular weight is 341 g/mol. The average Bonchev–Trinajstić information content (AvgIpc) is 2.44. The highest BCUT2D eigenvalue weighted by molar-refractivity contribution is 7.88. The molecule has 0 aliphatic heterocycles. The van der Waals surface area contributed by atoms with E-state index < -0.39 is 22.1 Å². The summed E-state index contributed by atoms with van der Waals surface area (Å²) in [6, 6.07) is 5.27. The first-order chi connectivity index (χ1) is 10.7. The molecule has 0 aromatic heterocycles. The molecule has 7 nitrogen and oxygen atoms in total. The lowest BCUT2D eigenvalue weighted by atomic mass is 10.2. The van der Waals surface area contributed by atoms with E-state index in [1.165, 1.54) is 0 Å². The number of unbranched alkanes of at least 4 members (excludes halogenated alkanes) is 2. The van der Waals surface area contributed by atoms with Crippen molar-refractivity contribution in [1.29, 1.82) is 0 Å². The smallest absolute Gasteiger partial charge is 0.308 e. The van der Waals surface area contributed by atoms with Gasteiger partial charge in [0.25, 0.3) is 0 Å². The second-order valence-corrected chi connectivity index (χ2v) is 7.20. The Morgan fingerprint density at radius 2 is 1.74 bits per heavy atom. The number of hydrogen-bond acceptors (Lipinski definition) is 4. The number of sulfonamides is 1. The number of anilines is 1. The van der Waals surface area contributed by atoms with Crippen molar-refractivity contribution >= 4 is 27.8 Å². The normalized spacial score (nSPS) is 10.9. The molecule has 4 amide bonds. The van der Waals surface area contributed by atoms with Gasteiger partial charge in [-0.1, -0.05) is 37.5 Å². The van der Waals surface area contributed by atoms with E-state index in [1.807, 2.05) is 31.3 Å². The number of urea groups is 2. The molecule has 0 fully saturated rings. The number of imide groups is 1. The Morgan fingerprint density at radius 1 is 1.13 bits per heavy atom. The van der Waals surface area contributed by atoms with Crippen molar-refractivity contribution in [3.05, 3.63) is 29.8 Å². The largest absolute Gasteiger partial charge is 0.339 e. The zero-order valence-electron chi connectivity index (χ0n) is 13.6. The predicted octanol–water partition coefficient (Wildman–Crippen LogP) is 2.69. The van der Waals surface area contributed by atoms with Crippen molar-refractivity contribution in [1.82, 2.24) is 9.62 Å². The van der Waals surface area contributed by atoms with Crippen LogP contribution in [0.25, 0.3) is 0 Å². The minimum Gasteiger partial charge on any atom is -0.308 e. The SMILES string of the molecule is CCCCCN(C(=O)NC(=O)Nc1ccc(C)cc1)S(C)(=O)=O. The van der Waals surface area contributed by atoms with Gasteiger partial charge in [-0.3, -0.25) is 5.32 Å². The van der Waals surface area contributed by atoms with Crippen LogP contribution in [0.4, 0.5) is 15.3 Å². The molecule has 0 spiro atoms. The molecule has 23 heavy (non-hydrogen) atoms. The molecular formula is C15H23N3O4S. The molecule has 128 valence electrons. The molecule has 2 N–H and O–H groups in total. The quantitative estimate of drug-likeness (QED) is 0.778. The van der Waals surface area contributed by atoms with Crippen molar-refractivity contribution in [2.24, 2.45) is 0 Å². The standard InChI is InChI=1S/C15H23N3O4S/c1-4-5-6-11-18(23(3,21)22)15(20)17-14(19)16-13-9-7-12(2)8-10-13/h7-10H,4-6,11H2,1-3H3,(H2,16,17,19,20). The maximum atomic E-state index is 12.0. The summed E-state index contributed by atoms with van der Waals surface area (Å²) in [4.78, 5) is 23.8. The molecular weight excluding hydrogens is 318 g/mol. The number of nitrogens with one attached hydrogen (secondary N) is 2. The first kappa shape index (κ1) is 19.0. The van der Waals surface area contributed by atoms with Gasteiger partial charge in [0.05, 0.1) is 6.26 Å². The van der Waals surface area contributed by atoms with Gasteiger partial charge in [0.15, 0.2) is 0 Å². The first-order valence-electron chi connectivity index (χ1n) is 7.40. The maximum absolute atomic E-state index is 12.0. The molecule has 0 unspecified atom stereocenters. The van der Waals surface area contributed by atoms with Crippen molar-refractivity contribution in [3.8, 4) is 0 Å². The maximum Gasteiger partial charge on any atom is 0.339 e. The number of hydrogen-bond donors (Lipinski definition) is 2. The molecule has 0 atom stereocenters. The summed E-state index contributed by atoms with van der Waals surface area (Å²) in [5.41, 5.74) is 1.55. The molecule has 0 heterocycles. The summed E-state index contributed by atoms with van der Waals surface area (Å²) in [7, 11) is -3.73. The molecule has 0 bridgehead atoms. The molecule has 1 aromatic rings. The fourth-order valence-corrected chi connectivity index (χ4v) is 2.69. The van der Waals surface area contributed by atoms with Crippen LogP contribution in [0.5, 0.6) is 0 Å². The lowest BCUT2D eigenvalue weighted by molar-refractivity contribution is 0.219. The Hall–Kier alpha value is -2.09. The van der Waals surface area contributed by atoms with Gasteiger partial charge in [-0.25, -0.2) is 22.3 Å². The van der Waals surface area contributed by atoms with Crippen LogP contribution >= 0.6 is 0 Å². The van der Waals surface area contributed by atoms with Crippen LogP contribution in [-0.4, -0.2) is 37.6 Å². The highest BCUT2D eigenvalue weighted by Crippen LogP contribution is 2.09. The van der Waals surface area contributed by atoms with Crippen LogP contribution in [0.3, 0.4) is 0 Å². The Bertz CT molecular complexity index is 641. The summed E-state index contributed by atoms with van der Waals surface area (Å²) in [6.07, 6.45) is 3.19. The molecule has 0 radical (unpaired) electrons. The fourth-order valence-electron chi connectivity index (χ4n) is 1.88. The molecule has 0 saturated heterocycles. The Kier molecular flexibility index (Phi) is 7.02. The van der Waals surface area contributed by atoms with E-state index in [0.29, 0.717) is 16.4 Å². The zero-order valence-corrected chi connectivity index (χ0v) is 14.4. The molecule has 1 rings (SSSR count). The number of aryl methyl sites for hydroxylation is 1. The minimum atomic E-state index is -3.73. The molecule has 0 saturated carbocycles. The number of nitrogens with zero attached hydrogens (tertiary/aromatic N) is 1. The van der Waals surface area contributed by atoms with Gasteiger partial charge in [-0.05, 0) is 25.5 Å². The van der Waals surface area contributed by atoms with Crippen LogP contribution in [0, 0.1) is 6.92 Å². The van der Waals surface area contributed by atoms with Crippen LogP contribution in [0.1, 0.15) is 31.7 Å².